The molecule has 0 saturated carbocycles. The first-order valence-corrected chi connectivity index (χ1v) is 11.0. The summed E-state index contributed by atoms with van der Waals surface area (Å²) in [4.78, 5) is 28.2. The summed E-state index contributed by atoms with van der Waals surface area (Å²) >= 11 is 12.2. The van der Waals surface area contributed by atoms with E-state index in [1.807, 2.05) is 12.1 Å². The van der Waals surface area contributed by atoms with Crippen molar-refractivity contribution in [1.29, 1.82) is 0 Å². The Bertz CT molecular complexity index is 1340. The highest BCUT2D eigenvalue weighted by atomic mass is 35.5. The summed E-state index contributed by atoms with van der Waals surface area (Å²) in [5.41, 5.74) is 0.341. The first-order chi connectivity index (χ1) is 16.0. The van der Waals surface area contributed by atoms with Gasteiger partial charge in [-0.1, -0.05) is 52.6 Å². The van der Waals surface area contributed by atoms with Gasteiger partial charge in [-0.2, -0.15) is 10.1 Å². The number of rotatable bonds is 9. The summed E-state index contributed by atoms with van der Waals surface area (Å²) in [5.74, 6) is 1.15. The Morgan fingerprint density at radius 1 is 1.06 bits per heavy atom. The lowest BCUT2D eigenvalue weighted by molar-refractivity contribution is -0.121. The lowest BCUT2D eigenvalue weighted by Crippen LogP contribution is -2.26. The number of anilines is 1. The third kappa shape index (κ3) is 5.50. The number of amides is 1. The number of nitrogens with zero attached hydrogens (tertiary/aromatic N) is 3. The maximum absolute atomic E-state index is 12.1. The van der Waals surface area contributed by atoms with E-state index in [0.29, 0.717) is 64.5 Å². The third-order valence-corrected chi connectivity index (χ3v) is 5.71. The Hall–Kier alpha value is -3.43. The van der Waals surface area contributed by atoms with Crippen LogP contribution in [0.15, 0.2) is 51.8 Å². The first-order valence-electron chi connectivity index (χ1n) is 10.3. The second kappa shape index (κ2) is 10.5. The van der Waals surface area contributed by atoms with Gasteiger partial charge in [-0.05, 0) is 24.6 Å². The fourth-order valence-corrected chi connectivity index (χ4v) is 3.61. The molecule has 9 nitrogen and oxygen atoms in total. The second-order valence-electron chi connectivity index (χ2n) is 7.19. The number of fused-ring (bicyclic) bond motifs is 1. The van der Waals surface area contributed by atoms with E-state index in [4.69, 9.17) is 27.7 Å². The molecule has 0 radical (unpaired) electrons. The molecule has 11 heteroatoms. The van der Waals surface area contributed by atoms with Crippen LogP contribution in [0.5, 0.6) is 0 Å². The minimum atomic E-state index is -0.229. The number of benzene rings is 2. The van der Waals surface area contributed by atoms with E-state index in [2.05, 4.69) is 31.0 Å². The predicted molar refractivity (Wildman–Crippen MR) is 127 cm³/mol. The number of aryl methyl sites for hydroxylation is 1. The molecule has 0 unspecified atom stereocenters. The van der Waals surface area contributed by atoms with Crippen LogP contribution in [0.2, 0.25) is 10.0 Å². The maximum Gasteiger partial charge on any atom is 0.272 e. The zero-order valence-corrected chi connectivity index (χ0v) is 18.9. The Balaban J connectivity index is 1.20. The number of halogens is 2. The summed E-state index contributed by atoms with van der Waals surface area (Å²) in [7, 11) is 0. The Labute approximate surface area is 198 Å². The number of hydrogen-bond acceptors (Lipinski definition) is 7. The van der Waals surface area contributed by atoms with Crippen LogP contribution in [0.4, 0.5) is 5.82 Å². The van der Waals surface area contributed by atoms with Gasteiger partial charge in [-0.15, -0.1) is 0 Å². The van der Waals surface area contributed by atoms with Gasteiger partial charge < -0.3 is 15.2 Å². The molecule has 0 spiro atoms. The van der Waals surface area contributed by atoms with Crippen molar-refractivity contribution in [1.82, 2.24) is 25.7 Å². The highest BCUT2D eigenvalue weighted by Gasteiger charge is 2.14. The van der Waals surface area contributed by atoms with E-state index in [1.165, 1.54) is 0 Å². The summed E-state index contributed by atoms with van der Waals surface area (Å²) in [5, 5.41) is 18.6. The minimum Gasteiger partial charge on any atom is -0.368 e. The second-order valence-corrected chi connectivity index (χ2v) is 7.98. The monoisotopic (exact) mass is 486 g/mol. The molecule has 4 aromatic rings. The highest BCUT2D eigenvalue weighted by Crippen LogP contribution is 2.31. The molecule has 2 aromatic heterocycles. The van der Waals surface area contributed by atoms with Crippen LogP contribution in [-0.4, -0.2) is 39.3 Å². The number of H-pyrrole nitrogens is 1. The highest BCUT2D eigenvalue weighted by molar-refractivity contribution is 6.43. The zero-order valence-electron chi connectivity index (χ0n) is 17.4. The van der Waals surface area contributed by atoms with Crippen LogP contribution in [0.1, 0.15) is 18.7 Å². The van der Waals surface area contributed by atoms with Crippen LogP contribution < -0.4 is 16.2 Å². The number of aromatic nitrogens is 4. The van der Waals surface area contributed by atoms with Gasteiger partial charge in [0.05, 0.1) is 15.4 Å². The van der Waals surface area contributed by atoms with Gasteiger partial charge in [0.25, 0.3) is 5.56 Å². The number of nitrogens with one attached hydrogen (secondary N) is 3. The average molecular weight is 487 g/mol. The minimum absolute atomic E-state index is 0.122. The van der Waals surface area contributed by atoms with E-state index in [1.54, 1.807) is 30.3 Å². The molecule has 0 aliphatic rings. The van der Waals surface area contributed by atoms with Crippen molar-refractivity contribution < 1.29 is 9.32 Å². The molecule has 0 bridgehead atoms. The van der Waals surface area contributed by atoms with Crippen LogP contribution >= 0.6 is 23.2 Å². The fraction of sp³-hybridized carbons (Fsp3) is 0.227. The van der Waals surface area contributed by atoms with Gasteiger partial charge in [-0.3, -0.25) is 9.59 Å². The standard InChI is InChI=1S/C22H20Cl2N6O3/c23-16-8-3-7-15(19(16)24)21-27-18(33-30-21)10-9-17(31)25-11-4-12-26-20-13-5-1-2-6-14(13)22(32)29-28-20/h1-3,5-8H,4,9-12H2,(H,25,31)(H,26,28)(H,29,32). The molecule has 1 amide bonds. The largest absolute Gasteiger partial charge is 0.368 e. The SMILES string of the molecule is O=C(CCc1nc(-c2cccc(Cl)c2Cl)no1)NCCCNc1n[nH]c(=O)c2ccccc12. The lowest BCUT2D eigenvalue weighted by Gasteiger charge is -2.08. The number of hydrogen-bond donors (Lipinski definition) is 3. The first kappa shape index (κ1) is 22.8. The van der Waals surface area contributed by atoms with E-state index < -0.39 is 0 Å². The van der Waals surface area contributed by atoms with Crippen molar-refractivity contribution in [2.24, 2.45) is 0 Å². The topological polar surface area (TPSA) is 126 Å². The van der Waals surface area contributed by atoms with Crippen molar-refractivity contribution in [2.75, 3.05) is 18.4 Å². The molecule has 3 N–H and O–H groups in total. The van der Waals surface area contributed by atoms with Gasteiger partial charge >= 0.3 is 0 Å². The van der Waals surface area contributed by atoms with Gasteiger partial charge in [0, 0.05) is 36.9 Å². The number of carbonyl (C=O) groups is 1. The Kier molecular flexibility index (Phi) is 7.21. The van der Waals surface area contributed by atoms with Crippen LogP contribution in [-0.2, 0) is 11.2 Å². The van der Waals surface area contributed by atoms with Crippen LogP contribution in [0.3, 0.4) is 0 Å². The van der Waals surface area contributed by atoms with E-state index >= 15 is 0 Å². The average Bonchev–Trinajstić information content (AvgIpc) is 3.29. The molecule has 33 heavy (non-hydrogen) atoms. The van der Waals surface area contributed by atoms with Crippen molar-refractivity contribution in [3.63, 3.8) is 0 Å². The summed E-state index contributed by atoms with van der Waals surface area (Å²) in [6.07, 6.45) is 1.20. The zero-order chi connectivity index (χ0) is 23.2. The Morgan fingerprint density at radius 3 is 2.73 bits per heavy atom. The lowest BCUT2D eigenvalue weighted by atomic mass is 10.2. The molecular weight excluding hydrogens is 467 g/mol. The van der Waals surface area contributed by atoms with Crippen molar-refractivity contribution in [3.8, 4) is 11.4 Å². The smallest absolute Gasteiger partial charge is 0.272 e. The van der Waals surface area contributed by atoms with E-state index in [-0.39, 0.29) is 17.9 Å². The normalized spacial score (nSPS) is 11.0. The molecule has 2 heterocycles. The van der Waals surface area contributed by atoms with Crippen LogP contribution in [0.25, 0.3) is 22.2 Å². The van der Waals surface area contributed by atoms with Gasteiger partial charge in [-0.25, -0.2) is 5.10 Å². The molecule has 4 rings (SSSR count). The fourth-order valence-electron chi connectivity index (χ4n) is 3.22. The molecular formula is C22H20Cl2N6O3. The number of aromatic amines is 1. The van der Waals surface area contributed by atoms with Gasteiger partial charge in [0.1, 0.15) is 0 Å². The molecule has 0 aliphatic heterocycles. The predicted octanol–water partition coefficient (Wildman–Crippen LogP) is 3.83. The molecule has 170 valence electrons. The molecule has 0 atom stereocenters. The van der Waals surface area contributed by atoms with Gasteiger partial charge in [0.15, 0.2) is 5.82 Å². The molecule has 0 aliphatic carbocycles. The third-order valence-electron chi connectivity index (χ3n) is 4.89. The molecule has 2 aromatic carbocycles. The summed E-state index contributed by atoms with van der Waals surface area (Å²) < 4.78 is 5.21. The molecule has 0 saturated heterocycles. The quantitative estimate of drug-likeness (QED) is 0.307. The maximum atomic E-state index is 12.1. The summed E-state index contributed by atoms with van der Waals surface area (Å²) in [6, 6.07) is 12.4. The Morgan fingerprint density at radius 2 is 1.88 bits per heavy atom. The van der Waals surface area contributed by atoms with E-state index in [0.717, 1.165) is 5.39 Å². The van der Waals surface area contributed by atoms with E-state index in [9.17, 15) is 9.59 Å². The molecule has 0 fully saturated rings. The van der Waals surface area contributed by atoms with Gasteiger partial charge in [0.2, 0.25) is 17.6 Å². The summed E-state index contributed by atoms with van der Waals surface area (Å²) in [6.45, 7) is 1.07. The van der Waals surface area contributed by atoms with Crippen molar-refractivity contribution in [2.45, 2.75) is 19.3 Å². The van der Waals surface area contributed by atoms with Crippen LogP contribution in [0, 0.1) is 0 Å². The van der Waals surface area contributed by atoms with Crippen molar-refractivity contribution in [3.05, 3.63) is 68.8 Å². The number of carbonyl (C=O) groups excluding carboxylic acids is 1. The van der Waals surface area contributed by atoms with Crippen molar-refractivity contribution >= 4 is 45.7 Å².